The standard InChI is InChI=1S/C17H27BrN2/c1-4-9-19-12-15-7-8-16(18)11-17(15)20-10-5-6-13(2)14(20)3/h7-8,11,13-14,19H,4-6,9-10,12H2,1-3H3. The first-order valence-electron chi connectivity index (χ1n) is 7.89. The molecular formula is C17H27BrN2. The van der Waals surface area contributed by atoms with Crippen molar-refractivity contribution in [2.24, 2.45) is 5.92 Å². The summed E-state index contributed by atoms with van der Waals surface area (Å²) >= 11 is 3.63. The molecule has 2 atom stereocenters. The van der Waals surface area contributed by atoms with Crippen molar-refractivity contribution in [2.45, 2.75) is 52.6 Å². The lowest BCUT2D eigenvalue weighted by atomic mass is 9.91. The van der Waals surface area contributed by atoms with Gasteiger partial charge in [0.15, 0.2) is 0 Å². The van der Waals surface area contributed by atoms with Crippen LogP contribution < -0.4 is 10.2 Å². The molecule has 0 radical (unpaired) electrons. The zero-order valence-electron chi connectivity index (χ0n) is 13.0. The van der Waals surface area contributed by atoms with Crippen LogP contribution in [0, 0.1) is 5.92 Å². The number of hydrogen-bond donors (Lipinski definition) is 1. The van der Waals surface area contributed by atoms with Crippen molar-refractivity contribution >= 4 is 21.6 Å². The number of anilines is 1. The summed E-state index contributed by atoms with van der Waals surface area (Å²) in [5.74, 6) is 0.777. The third-order valence-electron chi connectivity index (χ3n) is 4.47. The molecule has 0 aromatic heterocycles. The summed E-state index contributed by atoms with van der Waals surface area (Å²) in [5.41, 5.74) is 2.82. The van der Waals surface area contributed by atoms with Gasteiger partial charge in [0.2, 0.25) is 0 Å². The molecule has 1 N–H and O–H groups in total. The Morgan fingerprint density at radius 3 is 2.90 bits per heavy atom. The van der Waals surface area contributed by atoms with Crippen LogP contribution in [0.25, 0.3) is 0 Å². The topological polar surface area (TPSA) is 15.3 Å². The number of hydrogen-bond acceptors (Lipinski definition) is 2. The molecule has 3 heteroatoms. The van der Waals surface area contributed by atoms with Crippen LogP contribution in [0.2, 0.25) is 0 Å². The smallest absolute Gasteiger partial charge is 0.0425 e. The van der Waals surface area contributed by atoms with Crippen molar-refractivity contribution in [3.8, 4) is 0 Å². The van der Waals surface area contributed by atoms with Crippen molar-refractivity contribution in [3.63, 3.8) is 0 Å². The minimum Gasteiger partial charge on any atom is -0.368 e. The van der Waals surface area contributed by atoms with Crippen LogP contribution in [0.5, 0.6) is 0 Å². The fraction of sp³-hybridized carbons (Fsp3) is 0.647. The van der Waals surface area contributed by atoms with Gasteiger partial charge < -0.3 is 10.2 Å². The molecule has 112 valence electrons. The molecule has 2 nitrogen and oxygen atoms in total. The normalized spacial score (nSPS) is 23.1. The van der Waals surface area contributed by atoms with Crippen molar-refractivity contribution in [1.82, 2.24) is 5.32 Å². The number of halogens is 1. The Morgan fingerprint density at radius 1 is 1.35 bits per heavy atom. The number of nitrogens with one attached hydrogen (secondary N) is 1. The fourth-order valence-electron chi connectivity index (χ4n) is 3.03. The summed E-state index contributed by atoms with van der Waals surface area (Å²) in [7, 11) is 0. The molecule has 1 aromatic carbocycles. The third kappa shape index (κ3) is 3.76. The Hall–Kier alpha value is -0.540. The van der Waals surface area contributed by atoms with E-state index in [2.05, 4.69) is 65.1 Å². The summed E-state index contributed by atoms with van der Waals surface area (Å²) in [5, 5.41) is 3.53. The summed E-state index contributed by atoms with van der Waals surface area (Å²) < 4.78 is 1.18. The molecule has 1 aliphatic rings. The molecule has 0 amide bonds. The molecule has 0 saturated carbocycles. The van der Waals surface area contributed by atoms with E-state index in [1.165, 1.54) is 41.5 Å². The third-order valence-corrected chi connectivity index (χ3v) is 4.97. The number of piperidine rings is 1. The maximum atomic E-state index is 3.63. The van der Waals surface area contributed by atoms with Gasteiger partial charge in [-0.2, -0.15) is 0 Å². The second-order valence-electron chi connectivity index (χ2n) is 6.00. The van der Waals surface area contributed by atoms with Crippen LogP contribution in [-0.4, -0.2) is 19.1 Å². The minimum absolute atomic E-state index is 0.628. The summed E-state index contributed by atoms with van der Waals surface area (Å²) in [6, 6.07) is 7.33. The molecular weight excluding hydrogens is 312 g/mol. The molecule has 0 bridgehead atoms. The van der Waals surface area contributed by atoms with Crippen LogP contribution in [0.15, 0.2) is 22.7 Å². The van der Waals surface area contributed by atoms with E-state index in [-0.39, 0.29) is 0 Å². The second-order valence-corrected chi connectivity index (χ2v) is 6.92. The van der Waals surface area contributed by atoms with Gasteiger partial charge in [-0.1, -0.05) is 35.8 Å². The molecule has 1 fully saturated rings. The highest BCUT2D eigenvalue weighted by atomic mass is 79.9. The summed E-state index contributed by atoms with van der Waals surface area (Å²) in [6.07, 6.45) is 3.85. The Labute approximate surface area is 132 Å². The largest absolute Gasteiger partial charge is 0.368 e. The molecule has 2 rings (SSSR count). The van der Waals surface area contributed by atoms with E-state index in [0.29, 0.717) is 6.04 Å². The SMILES string of the molecule is CCCNCc1ccc(Br)cc1N1CCCC(C)C1C. The van der Waals surface area contributed by atoms with Gasteiger partial charge in [-0.05, 0) is 56.3 Å². The van der Waals surface area contributed by atoms with E-state index in [9.17, 15) is 0 Å². The van der Waals surface area contributed by atoms with Crippen molar-refractivity contribution in [3.05, 3.63) is 28.2 Å². The van der Waals surface area contributed by atoms with E-state index >= 15 is 0 Å². The van der Waals surface area contributed by atoms with Gasteiger partial charge in [0.05, 0.1) is 0 Å². The highest BCUT2D eigenvalue weighted by molar-refractivity contribution is 9.10. The van der Waals surface area contributed by atoms with Gasteiger partial charge in [-0.25, -0.2) is 0 Å². The zero-order valence-corrected chi connectivity index (χ0v) is 14.5. The predicted molar refractivity (Wildman–Crippen MR) is 91.3 cm³/mol. The first kappa shape index (κ1) is 15.8. The van der Waals surface area contributed by atoms with Crippen molar-refractivity contribution in [1.29, 1.82) is 0 Å². The Bertz CT molecular complexity index is 433. The number of rotatable bonds is 5. The molecule has 2 unspecified atom stereocenters. The monoisotopic (exact) mass is 338 g/mol. The molecule has 1 heterocycles. The molecule has 0 aliphatic carbocycles. The van der Waals surface area contributed by atoms with Crippen LogP contribution in [0.1, 0.15) is 45.6 Å². The van der Waals surface area contributed by atoms with Gasteiger partial charge in [0.25, 0.3) is 0 Å². The van der Waals surface area contributed by atoms with Crippen LogP contribution in [0.3, 0.4) is 0 Å². The van der Waals surface area contributed by atoms with Gasteiger partial charge in [0, 0.05) is 29.3 Å². The summed E-state index contributed by atoms with van der Waals surface area (Å²) in [4.78, 5) is 2.60. The van der Waals surface area contributed by atoms with Gasteiger partial charge in [0.1, 0.15) is 0 Å². The molecule has 0 spiro atoms. The second kappa shape index (κ2) is 7.46. The molecule has 1 aromatic rings. The van der Waals surface area contributed by atoms with E-state index in [1.807, 2.05) is 0 Å². The first-order chi connectivity index (χ1) is 9.63. The first-order valence-corrected chi connectivity index (χ1v) is 8.68. The van der Waals surface area contributed by atoms with Crippen molar-refractivity contribution in [2.75, 3.05) is 18.0 Å². The Balaban J connectivity index is 2.21. The van der Waals surface area contributed by atoms with Crippen LogP contribution in [0.4, 0.5) is 5.69 Å². The maximum Gasteiger partial charge on any atom is 0.0425 e. The minimum atomic E-state index is 0.628. The quantitative estimate of drug-likeness (QED) is 0.791. The predicted octanol–water partition coefficient (Wildman–Crippen LogP) is 4.57. The Morgan fingerprint density at radius 2 is 2.15 bits per heavy atom. The average molecular weight is 339 g/mol. The maximum absolute atomic E-state index is 3.63. The highest BCUT2D eigenvalue weighted by Gasteiger charge is 2.26. The molecule has 20 heavy (non-hydrogen) atoms. The zero-order chi connectivity index (χ0) is 14.5. The van der Waals surface area contributed by atoms with E-state index in [0.717, 1.165) is 19.0 Å². The number of benzene rings is 1. The van der Waals surface area contributed by atoms with E-state index < -0.39 is 0 Å². The van der Waals surface area contributed by atoms with Gasteiger partial charge in [-0.3, -0.25) is 0 Å². The Kier molecular flexibility index (Phi) is 5.91. The highest BCUT2D eigenvalue weighted by Crippen LogP contribution is 2.32. The number of nitrogens with zero attached hydrogens (tertiary/aromatic N) is 1. The molecule has 1 saturated heterocycles. The van der Waals surface area contributed by atoms with Crippen LogP contribution in [-0.2, 0) is 6.54 Å². The van der Waals surface area contributed by atoms with Crippen LogP contribution >= 0.6 is 15.9 Å². The molecule has 1 aliphatic heterocycles. The lowest BCUT2D eigenvalue weighted by molar-refractivity contribution is 0.363. The van der Waals surface area contributed by atoms with Crippen molar-refractivity contribution < 1.29 is 0 Å². The van der Waals surface area contributed by atoms with E-state index in [1.54, 1.807) is 0 Å². The lowest BCUT2D eigenvalue weighted by Gasteiger charge is -2.40. The lowest BCUT2D eigenvalue weighted by Crippen LogP contribution is -2.43. The average Bonchev–Trinajstić information content (AvgIpc) is 2.44. The van der Waals surface area contributed by atoms with Gasteiger partial charge >= 0.3 is 0 Å². The van der Waals surface area contributed by atoms with Gasteiger partial charge in [-0.15, -0.1) is 0 Å². The summed E-state index contributed by atoms with van der Waals surface area (Å²) in [6.45, 7) is 10.2. The fourth-order valence-corrected chi connectivity index (χ4v) is 3.38. The van der Waals surface area contributed by atoms with E-state index in [4.69, 9.17) is 0 Å².